The summed E-state index contributed by atoms with van der Waals surface area (Å²) < 4.78 is 19.0. The minimum Gasteiger partial charge on any atom is -0.466 e. The standard InChI is InChI=1S/C22H24ClFN6O2/c1-32-19(31)5-3-7-30-6-2-4-14(13-30)9-25-22-18(24)12-28-21(29-22)17-11-27-20-16(17)8-15(23)10-26-20/h3,5,8,10-12,14H,2,4,6-7,9,13H2,1H3,(H,26,27)(H,25,28,29)/t14-/m0/s1. The van der Waals surface area contributed by atoms with Crippen LogP contribution in [0.5, 0.6) is 0 Å². The zero-order valence-corrected chi connectivity index (χ0v) is 18.4. The number of methoxy groups -OCH3 is 1. The van der Waals surface area contributed by atoms with E-state index in [9.17, 15) is 9.18 Å². The number of anilines is 1. The zero-order chi connectivity index (χ0) is 22.5. The highest BCUT2D eigenvalue weighted by molar-refractivity contribution is 6.31. The van der Waals surface area contributed by atoms with E-state index in [0.717, 1.165) is 31.3 Å². The summed E-state index contributed by atoms with van der Waals surface area (Å²) in [6, 6.07) is 1.78. The third-order valence-electron chi connectivity index (χ3n) is 5.46. The van der Waals surface area contributed by atoms with Gasteiger partial charge in [0.15, 0.2) is 17.5 Å². The van der Waals surface area contributed by atoms with Crippen molar-refractivity contribution in [2.24, 2.45) is 5.92 Å². The molecule has 8 nitrogen and oxygen atoms in total. The molecule has 0 saturated carbocycles. The number of rotatable bonds is 7. The number of aromatic nitrogens is 4. The molecule has 0 amide bonds. The van der Waals surface area contributed by atoms with E-state index in [1.165, 1.54) is 19.4 Å². The molecule has 0 aromatic carbocycles. The summed E-state index contributed by atoms with van der Waals surface area (Å²) >= 11 is 6.07. The molecule has 3 aromatic heterocycles. The SMILES string of the molecule is COC(=O)C=CCN1CCC[C@@H](CNc2nc(-c3c[nH]c4ncc(Cl)cc34)ncc2F)C1. The molecule has 4 heterocycles. The van der Waals surface area contributed by atoms with Crippen LogP contribution in [0.2, 0.25) is 5.02 Å². The molecule has 0 unspecified atom stereocenters. The van der Waals surface area contributed by atoms with E-state index in [2.05, 4.69) is 34.9 Å². The van der Waals surface area contributed by atoms with Gasteiger partial charge in [-0.1, -0.05) is 17.7 Å². The third kappa shape index (κ3) is 5.23. The predicted octanol–water partition coefficient (Wildman–Crippen LogP) is 3.67. The van der Waals surface area contributed by atoms with Gasteiger partial charge in [0.1, 0.15) is 5.65 Å². The number of halogens is 2. The smallest absolute Gasteiger partial charge is 0.330 e. The topological polar surface area (TPSA) is 96.0 Å². The Labute approximate surface area is 189 Å². The molecule has 0 bridgehead atoms. The highest BCUT2D eigenvalue weighted by Gasteiger charge is 2.20. The molecule has 10 heteroatoms. The second kappa shape index (κ2) is 10.1. The molecule has 168 valence electrons. The average Bonchev–Trinajstić information content (AvgIpc) is 3.21. The van der Waals surface area contributed by atoms with Crippen molar-refractivity contribution in [2.45, 2.75) is 12.8 Å². The Morgan fingerprint density at radius 3 is 3.16 bits per heavy atom. The number of ether oxygens (including phenoxy) is 1. The number of nitrogens with zero attached hydrogens (tertiary/aromatic N) is 4. The lowest BCUT2D eigenvalue weighted by atomic mass is 9.98. The number of hydrogen-bond acceptors (Lipinski definition) is 7. The highest BCUT2D eigenvalue weighted by Crippen LogP contribution is 2.28. The number of pyridine rings is 1. The molecule has 1 aliphatic rings. The maximum absolute atomic E-state index is 14.4. The van der Waals surface area contributed by atoms with Crippen molar-refractivity contribution in [1.29, 1.82) is 0 Å². The number of aromatic amines is 1. The Bertz CT molecular complexity index is 1130. The van der Waals surface area contributed by atoms with E-state index in [0.29, 0.717) is 41.1 Å². The molecule has 4 rings (SSSR count). The largest absolute Gasteiger partial charge is 0.466 e. The summed E-state index contributed by atoms with van der Waals surface area (Å²) in [6.07, 6.45) is 9.79. The van der Waals surface area contributed by atoms with Crippen LogP contribution >= 0.6 is 11.6 Å². The molecule has 1 atom stereocenters. The van der Waals surface area contributed by atoms with Gasteiger partial charge in [0.2, 0.25) is 0 Å². The van der Waals surface area contributed by atoms with Crippen molar-refractivity contribution >= 4 is 34.4 Å². The van der Waals surface area contributed by atoms with Gasteiger partial charge in [-0.05, 0) is 31.4 Å². The number of esters is 1. The predicted molar refractivity (Wildman–Crippen MR) is 121 cm³/mol. The van der Waals surface area contributed by atoms with Gasteiger partial charge in [-0.25, -0.2) is 24.1 Å². The number of fused-ring (bicyclic) bond motifs is 1. The van der Waals surface area contributed by atoms with Gasteiger partial charge < -0.3 is 15.0 Å². The van der Waals surface area contributed by atoms with Crippen LogP contribution in [-0.4, -0.2) is 64.1 Å². The second-order valence-corrected chi connectivity index (χ2v) is 8.15. The fraction of sp³-hybridized carbons (Fsp3) is 0.364. The summed E-state index contributed by atoms with van der Waals surface area (Å²) in [5.74, 6) is 0.0376. The lowest BCUT2D eigenvalue weighted by molar-refractivity contribution is -0.134. The van der Waals surface area contributed by atoms with Crippen LogP contribution in [0.4, 0.5) is 10.2 Å². The van der Waals surface area contributed by atoms with Crippen molar-refractivity contribution in [3.63, 3.8) is 0 Å². The first-order chi connectivity index (χ1) is 15.5. The van der Waals surface area contributed by atoms with Gasteiger partial charge in [-0.15, -0.1) is 0 Å². The summed E-state index contributed by atoms with van der Waals surface area (Å²) in [5.41, 5.74) is 1.37. The number of carbonyl (C=O) groups excluding carboxylic acids is 1. The van der Waals surface area contributed by atoms with E-state index < -0.39 is 5.82 Å². The fourth-order valence-corrected chi connectivity index (χ4v) is 4.03. The van der Waals surface area contributed by atoms with Gasteiger partial charge in [0.25, 0.3) is 0 Å². The van der Waals surface area contributed by atoms with Crippen LogP contribution < -0.4 is 5.32 Å². The van der Waals surface area contributed by atoms with Crippen molar-refractivity contribution in [3.05, 3.63) is 47.6 Å². The molecule has 32 heavy (non-hydrogen) atoms. The summed E-state index contributed by atoms with van der Waals surface area (Å²) in [5, 5.41) is 4.43. The van der Waals surface area contributed by atoms with E-state index in [4.69, 9.17) is 11.6 Å². The summed E-state index contributed by atoms with van der Waals surface area (Å²) in [4.78, 5) is 29.3. The van der Waals surface area contributed by atoms with E-state index in [1.807, 2.05) is 0 Å². The minimum atomic E-state index is -0.501. The van der Waals surface area contributed by atoms with Gasteiger partial charge in [0, 0.05) is 49.1 Å². The number of likely N-dealkylation sites (tertiary alicyclic amines) is 1. The number of piperidine rings is 1. The first-order valence-electron chi connectivity index (χ1n) is 10.4. The van der Waals surface area contributed by atoms with Gasteiger partial charge in [-0.3, -0.25) is 4.90 Å². The van der Waals surface area contributed by atoms with Gasteiger partial charge in [-0.2, -0.15) is 0 Å². The molecular weight excluding hydrogens is 435 g/mol. The monoisotopic (exact) mass is 458 g/mol. The normalized spacial score (nSPS) is 17.2. The first-order valence-corrected chi connectivity index (χ1v) is 10.8. The Kier molecular flexibility index (Phi) is 6.96. The lowest BCUT2D eigenvalue weighted by Crippen LogP contribution is -2.38. The number of nitrogens with one attached hydrogen (secondary N) is 2. The van der Waals surface area contributed by atoms with Crippen molar-refractivity contribution in [1.82, 2.24) is 24.8 Å². The van der Waals surface area contributed by atoms with Crippen LogP contribution in [-0.2, 0) is 9.53 Å². The minimum absolute atomic E-state index is 0.169. The third-order valence-corrected chi connectivity index (χ3v) is 5.67. The van der Waals surface area contributed by atoms with E-state index in [-0.39, 0.29) is 11.8 Å². The fourth-order valence-electron chi connectivity index (χ4n) is 3.87. The Morgan fingerprint density at radius 1 is 1.44 bits per heavy atom. The van der Waals surface area contributed by atoms with Crippen LogP contribution in [0, 0.1) is 11.7 Å². The molecule has 0 radical (unpaired) electrons. The van der Waals surface area contributed by atoms with Crippen LogP contribution in [0.3, 0.4) is 0 Å². The van der Waals surface area contributed by atoms with Crippen molar-refractivity contribution in [3.8, 4) is 11.4 Å². The molecule has 1 fully saturated rings. The lowest BCUT2D eigenvalue weighted by Gasteiger charge is -2.32. The Morgan fingerprint density at radius 2 is 2.31 bits per heavy atom. The van der Waals surface area contributed by atoms with Gasteiger partial charge >= 0.3 is 5.97 Å². The molecular formula is C22H24ClFN6O2. The number of H-pyrrole nitrogens is 1. The maximum atomic E-state index is 14.4. The molecule has 3 aromatic rings. The average molecular weight is 459 g/mol. The van der Waals surface area contributed by atoms with Crippen molar-refractivity contribution < 1.29 is 13.9 Å². The Hall–Kier alpha value is -3.04. The zero-order valence-electron chi connectivity index (χ0n) is 17.6. The maximum Gasteiger partial charge on any atom is 0.330 e. The molecule has 2 N–H and O–H groups in total. The van der Waals surface area contributed by atoms with Crippen LogP contribution in [0.1, 0.15) is 12.8 Å². The summed E-state index contributed by atoms with van der Waals surface area (Å²) in [7, 11) is 1.36. The quantitative estimate of drug-likeness (QED) is 0.412. The summed E-state index contributed by atoms with van der Waals surface area (Å²) in [6.45, 7) is 3.08. The van der Waals surface area contributed by atoms with E-state index >= 15 is 0 Å². The molecule has 1 aliphatic heterocycles. The first kappa shape index (κ1) is 22.2. The number of carbonyl (C=O) groups is 1. The highest BCUT2D eigenvalue weighted by atomic mass is 35.5. The van der Waals surface area contributed by atoms with Gasteiger partial charge in [0.05, 0.1) is 18.3 Å². The van der Waals surface area contributed by atoms with Crippen LogP contribution in [0.15, 0.2) is 36.8 Å². The van der Waals surface area contributed by atoms with E-state index in [1.54, 1.807) is 24.5 Å². The number of hydrogen-bond donors (Lipinski definition) is 2. The van der Waals surface area contributed by atoms with Crippen LogP contribution in [0.25, 0.3) is 22.4 Å². The second-order valence-electron chi connectivity index (χ2n) is 7.72. The van der Waals surface area contributed by atoms with Crippen molar-refractivity contribution in [2.75, 3.05) is 38.6 Å². The molecule has 0 aliphatic carbocycles. The molecule has 1 saturated heterocycles. The Balaban J connectivity index is 1.42. The molecule has 0 spiro atoms.